The van der Waals surface area contributed by atoms with E-state index in [0.717, 1.165) is 16.6 Å². The monoisotopic (exact) mass is 565 g/mol. The molecule has 1 fully saturated rings. The average Bonchev–Trinajstić information content (AvgIpc) is 3.57. The van der Waals surface area contributed by atoms with Crippen molar-refractivity contribution in [1.29, 1.82) is 0 Å². The number of rotatable bonds is 7. The van der Waals surface area contributed by atoms with Gasteiger partial charge in [-0.1, -0.05) is 17.7 Å². The van der Waals surface area contributed by atoms with Crippen LogP contribution in [-0.4, -0.2) is 66.2 Å². The molecule has 0 aliphatic carbocycles. The molecule has 12 heteroatoms. The predicted molar refractivity (Wildman–Crippen MR) is 152 cm³/mol. The number of piperazine rings is 1. The number of aromatic nitrogens is 2. The Balaban J connectivity index is 0.00000187. The minimum Gasteiger partial charge on any atom is -0.394 e. The minimum absolute atomic E-state index is 0. The van der Waals surface area contributed by atoms with E-state index < -0.39 is 22.1 Å². The Labute approximate surface area is 228 Å². The summed E-state index contributed by atoms with van der Waals surface area (Å²) in [4.78, 5) is 21.4. The molecule has 2 N–H and O–H groups in total. The number of carbonyl (C=O) groups is 1. The first-order chi connectivity index (χ1) is 17.8. The molecular formula is C25H32ClN5O4S2. The first-order valence-electron chi connectivity index (χ1n) is 11.7. The SMILES string of the molecule is C[C@@H](C(=O)N1CCN(c2ccc(S(=O)(=O)Nc3nccs3)cc2)CC1CO)n1ccc2ccc(Cl)cc21.[HH].[HH].[HH]. The van der Waals surface area contributed by atoms with E-state index in [-0.39, 0.29) is 21.7 Å². The quantitative estimate of drug-likeness (QED) is 0.340. The highest BCUT2D eigenvalue weighted by molar-refractivity contribution is 7.93. The molecule has 0 spiro atoms. The molecule has 4 aromatic rings. The van der Waals surface area contributed by atoms with E-state index in [0.29, 0.717) is 29.8 Å². The van der Waals surface area contributed by atoms with Crippen molar-refractivity contribution in [3.63, 3.8) is 0 Å². The number of aliphatic hydroxyl groups is 1. The number of nitrogens with zero attached hydrogens (tertiary/aromatic N) is 4. The van der Waals surface area contributed by atoms with Crippen LogP contribution in [0.25, 0.3) is 10.9 Å². The lowest BCUT2D eigenvalue weighted by Crippen LogP contribution is -2.57. The number of fused-ring (bicyclic) bond motifs is 1. The molecule has 2 atom stereocenters. The third kappa shape index (κ3) is 5.17. The molecule has 9 nitrogen and oxygen atoms in total. The van der Waals surface area contributed by atoms with Gasteiger partial charge in [0.05, 0.1) is 23.1 Å². The summed E-state index contributed by atoms with van der Waals surface area (Å²) in [5, 5.41) is 13.7. The molecule has 2 aromatic carbocycles. The Morgan fingerprint density at radius 2 is 2.03 bits per heavy atom. The van der Waals surface area contributed by atoms with Gasteiger partial charge in [0.25, 0.3) is 10.0 Å². The number of anilines is 2. The van der Waals surface area contributed by atoms with Crippen molar-refractivity contribution < 1.29 is 22.6 Å². The fourth-order valence-electron chi connectivity index (χ4n) is 4.64. The second-order valence-electron chi connectivity index (χ2n) is 8.85. The third-order valence-corrected chi connectivity index (χ3v) is 9.01. The van der Waals surface area contributed by atoms with Gasteiger partial charge in [0.15, 0.2) is 5.13 Å². The highest BCUT2D eigenvalue weighted by Gasteiger charge is 2.33. The van der Waals surface area contributed by atoms with E-state index in [9.17, 15) is 18.3 Å². The summed E-state index contributed by atoms with van der Waals surface area (Å²) >= 11 is 7.38. The number of hydrogen-bond donors (Lipinski definition) is 2. The average molecular weight is 566 g/mol. The Kier molecular flexibility index (Phi) is 7.13. The zero-order chi connectivity index (χ0) is 26.2. The van der Waals surface area contributed by atoms with Gasteiger partial charge in [-0.05, 0) is 54.8 Å². The van der Waals surface area contributed by atoms with Gasteiger partial charge >= 0.3 is 0 Å². The summed E-state index contributed by atoms with van der Waals surface area (Å²) in [5.74, 6) is -0.0779. The molecule has 200 valence electrons. The molecule has 1 amide bonds. The van der Waals surface area contributed by atoms with Gasteiger partial charge < -0.3 is 19.5 Å². The number of aliphatic hydroxyl groups excluding tert-OH is 1. The Morgan fingerprint density at radius 1 is 1.24 bits per heavy atom. The summed E-state index contributed by atoms with van der Waals surface area (Å²) < 4.78 is 29.6. The molecule has 1 saturated heterocycles. The number of nitrogens with one attached hydrogen (secondary N) is 1. The van der Waals surface area contributed by atoms with Gasteiger partial charge in [0.1, 0.15) is 6.04 Å². The van der Waals surface area contributed by atoms with Gasteiger partial charge in [-0.15, -0.1) is 11.3 Å². The van der Waals surface area contributed by atoms with Crippen LogP contribution in [0.5, 0.6) is 0 Å². The standard InChI is InChI=1S/C25H26ClN5O4S2.3H2/c1-17(30-10-8-18-2-3-19(26)14-23(18)30)24(33)31-12-11-29(15-21(31)16-32)20-4-6-22(7-5-20)37(34,35)28-25-27-9-13-36-25;;;/h2-10,13-14,17,21,32H,11-12,15-16H2,1H3,(H,27,28);3*1H/t17-,21?;;;/m0.../s1. The highest BCUT2D eigenvalue weighted by Crippen LogP contribution is 2.27. The fraction of sp³-hybridized carbons (Fsp3) is 0.280. The summed E-state index contributed by atoms with van der Waals surface area (Å²) in [6.07, 6.45) is 3.41. The van der Waals surface area contributed by atoms with Crippen LogP contribution in [-0.2, 0) is 14.8 Å². The van der Waals surface area contributed by atoms with Crippen molar-refractivity contribution in [2.45, 2.75) is 23.9 Å². The lowest BCUT2D eigenvalue weighted by Gasteiger charge is -2.42. The molecule has 1 aliphatic rings. The number of thiazole rings is 1. The molecular weight excluding hydrogens is 534 g/mol. The van der Waals surface area contributed by atoms with Crippen LogP contribution in [0.1, 0.15) is 17.2 Å². The van der Waals surface area contributed by atoms with E-state index in [1.54, 1.807) is 34.5 Å². The molecule has 0 radical (unpaired) electrons. The summed E-state index contributed by atoms with van der Waals surface area (Å²) in [6.45, 7) is 3.08. The van der Waals surface area contributed by atoms with E-state index in [1.165, 1.54) is 17.5 Å². The van der Waals surface area contributed by atoms with Gasteiger partial charge in [-0.25, -0.2) is 13.4 Å². The largest absolute Gasteiger partial charge is 0.394 e. The topological polar surface area (TPSA) is 108 Å². The van der Waals surface area contributed by atoms with E-state index in [4.69, 9.17) is 11.6 Å². The van der Waals surface area contributed by atoms with Gasteiger partial charge in [-0.2, -0.15) is 0 Å². The molecule has 0 bridgehead atoms. The number of sulfonamides is 1. The summed E-state index contributed by atoms with van der Waals surface area (Å²) in [7, 11) is -3.74. The van der Waals surface area contributed by atoms with Gasteiger partial charge in [-0.3, -0.25) is 9.52 Å². The number of amides is 1. The second-order valence-corrected chi connectivity index (χ2v) is 11.9. The van der Waals surface area contributed by atoms with Crippen molar-refractivity contribution in [2.75, 3.05) is 35.9 Å². The molecule has 5 rings (SSSR count). The smallest absolute Gasteiger partial charge is 0.263 e. The van der Waals surface area contributed by atoms with Crippen molar-refractivity contribution in [3.05, 3.63) is 71.3 Å². The Hall–Kier alpha value is -3.12. The van der Waals surface area contributed by atoms with Crippen LogP contribution in [0, 0.1) is 0 Å². The second kappa shape index (κ2) is 10.3. The van der Waals surface area contributed by atoms with Crippen LogP contribution in [0.15, 0.2) is 71.2 Å². The number of benzene rings is 2. The van der Waals surface area contributed by atoms with Crippen LogP contribution >= 0.6 is 22.9 Å². The molecule has 3 heterocycles. The maximum Gasteiger partial charge on any atom is 0.263 e. The predicted octanol–water partition coefficient (Wildman–Crippen LogP) is 4.56. The van der Waals surface area contributed by atoms with Crippen molar-refractivity contribution in [1.82, 2.24) is 14.5 Å². The van der Waals surface area contributed by atoms with Gasteiger partial charge in [0, 0.05) is 52.4 Å². The molecule has 37 heavy (non-hydrogen) atoms. The zero-order valence-corrected chi connectivity index (χ0v) is 22.4. The Morgan fingerprint density at radius 3 is 2.73 bits per heavy atom. The lowest BCUT2D eigenvalue weighted by atomic mass is 10.1. The summed E-state index contributed by atoms with van der Waals surface area (Å²) in [5.41, 5.74) is 1.70. The third-order valence-electron chi connectivity index (χ3n) is 6.60. The van der Waals surface area contributed by atoms with Crippen LogP contribution in [0.2, 0.25) is 5.02 Å². The van der Waals surface area contributed by atoms with Crippen LogP contribution < -0.4 is 9.62 Å². The van der Waals surface area contributed by atoms with E-state index >= 15 is 0 Å². The number of halogens is 1. The maximum atomic E-state index is 13.5. The van der Waals surface area contributed by atoms with Crippen molar-refractivity contribution in [2.24, 2.45) is 0 Å². The Bertz CT molecular complexity index is 1520. The number of carbonyl (C=O) groups excluding carboxylic acids is 1. The first-order valence-corrected chi connectivity index (χ1v) is 14.5. The van der Waals surface area contributed by atoms with Crippen LogP contribution in [0.4, 0.5) is 10.8 Å². The van der Waals surface area contributed by atoms with E-state index in [2.05, 4.69) is 9.71 Å². The molecule has 0 saturated carbocycles. The minimum atomic E-state index is -3.74. The highest BCUT2D eigenvalue weighted by atomic mass is 35.5. The molecule has 1 aliphatic heterocycles. The fourth-order valence-corrected chi connectivity index (χ4v) is 6.59. The van der Waals surface area contributed by atoms with Crippen molar-refractivity contribution >= 4 is 60.6 Å². The maximum absolute atomic E-state index is 13.5. The van der Waals surface area contributed by atoms with E-state index in [1.807, 2.05) is 46.9 Å². The lowest BCUT2D eigenvalue weighted by molar-refractivity contribution is -0.138. The van der Waals surface area contributed by atoms with Crippen LogP contribution in [0.3, 0.4) is 0 Å². The zero-order valence-electron chi connectivity index (χ0n) is 20.0. The van der Waals surface area contributed by atoms with Crippen molar-refractivity contribution in [3.8, 4) is 0 Å². The normalized spacial score (nSPS) is 17.2. The molecule has 2 aromatic heterocycles. The first kappa shape index (κ1) is 25.5. The summed E-state index contributed by atoms with van der Waals surface area (Å²) in [6, 6.07) is 13.2. The molecule has 1 unspecified atom stereocenters. The van der Waals surface area contributed by atoms with Gasteiger partial charge in [0.2, 0.25) is 5.91 Å². The number of hydrogen-bond acceptors (Lipinski definition) is 7.